The van der Waals surface area contributed by atoms with E-state index in [1.54, 1.807) is 30.3 Å². The molecular formula is C18H18ClFN2O2. The molecule has 126 valence electrons. The molecule has 2 aromatic rings. The van der Waals surface area contributed by atoms with E-state index in [0.29, 0.717) is 16.3 Å². The number of anilines is 1. The van der Waals surface area contributed by atoms with Gasteiger partial charge in [0, 0.05) is 16.3 Å². The van der Waals surface area contributed by atoms with Crippen LogP contribution in [0.15, 0.2) is 48.5 Å². The predicted molar refractivity (Wildman–Crippen MR) is 92.6 cm³/mol. The van der Waals surface area contributed by atoms with E-state index < -0.39 is 17.8 Å². The lowest BCUT2D eigenvalue weighted by Gasteiger charge is -2.21. The first-order valence-electron chi connectivity index (χ1n) is 7.49. The van der Waals surface area contributed by atoms with Gasteiger partial charge in [-0.15, -0.1) is 0 Å². The summed E-state index contributed by atoms with van der Waals surface area (Å²) in [4.78, 5) is 24.7. The number of hydrogen-bond donors (Lipinski definition) is 2. The molecule has 0 aliphatic carbocycles. The van der Waals surface area contributed by atoms with Gasteiger partial charge >= 0.3 is 0 Å². The summed E-state index contributed by atoms with van der Waals surface area (Å²) in [7, 11) is 0. The van der Waals surface area contributed by atoms with Crippen molar-refractivity contribution in [2.45, 2.75) is 19.9 Å². The van der Waals surface area contributed by atoms with Crippen molar-refractivity contribution in [2.75, 3.05) is 5.32 Å². The molecule has 6 heteroatoms. The Morgan fingerprint density at radius 2 is 1.75 bits per heavy atom. The van der Waals surface area contributed by atoms with Crippen LogP contribution >= 0.6 is 11.6 Å². The van der Waals surface area contributed by atoms with E-state index in [4.69, 9.17) is 11.6 Å². The van der Waals surface area contributed by atoms with E-state index in [1.165, 1.54) is 18.2 Å². The van der Waals surface area contributed by atoms with E-state index >= 15 is 0 Å². The summed E-state index contributed by atoms with van der Waals surface area (Å²) in [6.45, 7) is 3.63. The normalized spacial score (nSPS) is 11.9. The lowest BCUT2D eigenvalue weighted by molar-refractivity contribution is -0.118. The molecule has 2 N–H and O–H groups in total. The van der Waals surface area contributed by atoms with E-state index in [0.717, 1.165) is 0 Å². The standard InChI is InChI=1S/C18H18ClFN2O2/c1-11(2)16(18(24)21-15-5-3-4-14(20)10-15)22-17(23)12-6-8-13(19)9-7-12/h3-11,16H,1-2H3,(H,21,24)(H,22,23). The first-order chi connectivity index (χ1) is 11.4. The lowest BCUT2D eigenvalue weighted by Crippen LogP contribution is -2.47. The minimum Gasteiger partial charge on any atom is -0.340 e. The molecular weight excluding hydrogens is 331 g/mol. The third-order valence-corrected chi connectivity index (χ3v) is 3.69. The van der Waals surface area contributed by atoms with Crippen LogP contribution in [0.25, 0.3) is 0 Å². The second-order valence-electron chi connectivity index (χ2n) is 5.70. The third-order valence-electron chi connectivity index (χ3n) is 3.43. The molecule has 0 aliphatic rings. The Kier molecular flexibility index (Phi) is 5.93. The monoisotopic (exact) mass is 348 g/mol. The van der Waals surface area contributed by atoms with Gasteiger partial charge in [-0.1, -0.05) is 31.5 Å². The summed E-state index contributed by atoms with van der Waals surface area (Å²) in [5.41, 5.74) is 0.745. The van der Waals surface area contributed by atoms with Crippen LogP contribution in [0.5, 0.6) is 0 Å². The molecule has 0 aromatic heterocycles. The van der Waals surface area contributed by atoms with Crippen molar-refractivity contribution in [3.8, 4) is 0 Å². The highest BCUT2D eigenvalue weighted by molar-refractivity contribution is 6.30. The maximum Gasteiger partial charge on any atom is 0.251 e. The molecule has 0 saturated carbocycles. The van der Waals surface area contributed by atoms with Gasteiger partial charge in [-0.25, -0.2) is 4.39 Å². The van der Waals surface area contributed by atoms with Crippen LogP contribution in [0, 0.1) is 11.7 Å². The second kappa shape index (κ2) is 7.93. The fraction of sp³-hybridized carbons (Fsp3) is 0.222. The van der Waals surface area contributed by atoms with Crippen molar-refractivity contribution in [2.24, 2.45) is 5.92 Å². The van der Waals surface area contributed by atoms with Crippen molar-refractivity contribution in [3.05, 3.63) is 64.9 Å². The molecule has 0 fully saturated rings. The van der Waals surface area contributed by atoms with E-state index in [9.17, 15) is 14.0 Å². The first kappa shape index (κ1) is 17.9. The Labute approximate surface area is 145 Å². The van der Waals surface area contributed by atoms with Crippen molar-refractivity contribution >= 4 is 29.1 Å². The van der Waals surface area contributed by atoms with Gasteiger partial charge in [0.15, 0.2) is 0 Å². The van der Waals surface area contributed by atoms with Crippen molar-refractivity contribution in [1.82, 2.24) is 5.32 Å². The summed E-state index contributed by atoms with van der Waals surface area (Å²) in [5, 5.41) is 5.84. The maximum atomic E-state index is 13.2. The van der Waals surface area contributed by atoms with Gasteiger partial charge in [-0.05, 0) is 48.4 Å². The largest absolute Gasteiger partial charge is 0.340 e. The molecule has 1 atom stereocenters. The van der Waals surface area contributed by atoms with Gasteiger partial charge in [0.2, 0.25) is 5.91 Å². The van der Waals surface area contributed by atoms with Gasteiger partial charge < -0.3 is 10.6 Å². The Bertz CT molecular complexity index is 732. The van der Waals surface area contributed by atoms with Crippen molar-refractivity contribution in [1.29, 1.82) is 0 Å². The number of amides is 2. The molecule has 2 amide bonds. The average Bonchev–Trinajstić information content (AvgIpc) is 2.52. The zero-order valence-corrected chi connectivity index (χ0v) is 14.1. The van der Waals surface area contributed by atoms with Crippen LogP contribution in [0.2, 0.25) is 5.02 Å². The van der Waals surface area contributed by atoms with Gasteiger partial charge in [-0.3, -0.25) is 9.59 Å². The van der Waals surface area contributed by atoms with Crippen LogP contribution in [0.3, 0.4) is 0 Å². The molecule has 0 radical (unpaired) electrons. The summed E-state index contributed by atoms with van der Waals surface area (Å²) in [6, 6.07) is 11.2. The topological polar surface area (TPSA) is 58.2 Å². The van der Waals surface area contributed by atoms with Gasteiger partial charge in [0.1, 0.15) is 11.9 Å². The number of carbonyl (C=O) groups excluding carboxylic acids is 2. The van der Waals surface area contributed by atoms with Crippen LogP contribution in [0.4, 0.5) is 10.1 Å². The van der Waals surface area contributed by atoms with Crippen molar-refractivity contribution in [3.63, 3.8) is 0 Å². The predicted octanol–water partition coefficient (Wildman–Crippen LogP) is 3.87. The highest BCUT2D eigenvalue weighted by Crippen LogP contribution is 2.13. The minimum atomic E-state index is -0.753. The molecule has 4 nitrogen and oxygen atoms in total. The van der Waals surface area contributed by atoms with Gasteiger partial charge in [-0.2, -0.15) is 0 Å². The Morgan fingerprint density at radius 1 is 1.08 bits per heavy atom. The average molecular weight is 349 g/mol. The van der Waals surface area contributed by atoms with Crippen LogP contribution in [0.1, 0.15) is 24.2 Å². The number of carbonyl (C=O) groups is 2. The number of halogens is 2. The summed E-state index contributed by atoms with van der Waals surface area (Å²) in [6.07, 6.45) is 0. The molecule has 1 unspecified atom stereocenters. The third kappa shape index (κ3) is 4.80. The summed E-state index contributed by atoms with van der Waals surface area (Å²) < 4.78 is 13.2. The molecule has 2 aromatic carbocycles. The zero-order valence-electron chi connectivity index (χ0n) is 13.3. The number of benzene rings is 2. The second-order valence-corrected chi connectivity index (χ2v) is 6.14. The van der Waals surface area contributed by atoms with Gasteiger partial charge in [0.05, 0.1) is 0 Å². The molecule has 0 bridgehead atoms. The van der Waals surface area contributed by atoms with Crippen molar-refractivity contribution < 1.29 is 14.0 Å². The molecule has 0 heterocycles. The number of nitrogens with one attached hydrogen (secondary N) is 2. The quantitative estimate of drug-likeness (QED) is 0.861. The fourth-order valence-electron chi connectivity index (χ4n) is 2.15. The number of hydrogen-bond acceptors (Lipinski definition) is 2. The summed E-state index contributed by atoms with van der Waals surface area (Å²) >= 11 is 5.80. The smallest absolute Gasteiger partial charge is 0.251 e. The highest BCUT2D eigenvalue weighted by atomic mass is 35.5. The van der Waals surface area contributed by atoms with Crippen LogP contribution in [-0.4, -0.2) is 17.9 Å². The SMILES string of the molecule is CC(C)C(NC(=O)c1ccc(Cl)cc1)C(=O)Nc1cccc(F)c1. The first-order valence-corrected chi connectivity index (χ1v) is 7.87. The van der Waals surface area contributed by atoms with E-state index in [-0.39, 0.29) is 11.8 Å². The van der Waals surface area contributed by atoms with Gasteiger partial charge in [0.25, 0.3) is 5.91 Å². The fourth-order valence-corrected chi connectivity index (χ4v) is 2.27. The van der Waals surface area contributed by atoms with E-state index in [1.807, 2.05) is 13.8 Å². The van der Waals surface area contributed by atoms with E-state index in [2.05, 4.69) is 10.6 Å². The Balaban J connectivity index is 2.09. The van der Waals surface area contributed by atoms with Crippen LogP contribution in [-0.2, 0) is 4.79 Å². The zero-order chi connectivity index (χ0) is 17.7. The Hall–Kier alpha value is -2.40. The summed E-state index contributed by atoms with van der Waals surface area (Å²) in [5.74, 6) is -1.37. The molecule has 0 aliphatic heterocycles. The highest BCUT2D eigenvalue weighted by Gasteiger charge is 2.24. The lowest BCUT2D eigenvalue weighted by atomic mass is 10.0. The minimum absolute atomic E-state index is 0.144. The van der Waals surface area contributed by atoms with Crippen LogP contribution < -0.4 is 10.6 Å². The number of rotatable bonds is 5. The molecule has 24 heavy (non-hydrogen) atoms. The maximum absolute atomic E-state index is 13.2. The molecule has 0 spiro atoms. The molecule has 0 saturated heterocycles. The molecule has 2 rings (SSSR count). The Morgan fingerprint density at radius 3 is 2.33 bits per heavy atom.